The normalized spacial score (nSPS) is 16.6. The van der Waals surface area contributed by atoms with Gasteiger partial charge in [0.25, 0.3) is 5.91 Å². The molecule has 1 aliphatic rings. The first-order valence-corrected chi connectivity index (χ1v) is 21.9. The van der Waals surface area contributed by atoms with Crippen LogP contribution in [0.2, 0.25) is 0 Å². The lowest BCUT2D eigenvalue weighted by molar-refractivity contribution is -0.141. The Balaban J connectivity index is 1.80. The van der Waals surface area contributed by atoms with Gasteiger partial charge in [-0.3, -0.25) is 24.0 Å². The molecular formula is C47H65N9O7. The van der Waals surface area contributed by atoms with Crippen molar-refractivity contribution in [3.8, 4) is 28.7 Å². The summed E-state index contributed by atoms with van der Waals surface area (Å²) in [5, 5.41) is 23.2. The van der Waals surface area contributed by atoms with Crippen molar-refractivity contribution in [3.05, 3.63) is 82.4 Å². The highest BCUT2D eigenvalue weighted by molar-refractivity contribution is 6.00. The van der Waals surface area contributed by atoms with Gasteiger partial charge in [0, 0.05) is 43.2 Å². The molecule has 9 N–H and O–H groups in total. The second-order valence-electron chi connectivity index (χ2n) is 15.8. The summed E-state index contributed by atoms with van der Waals surface area (Å²) in [5.74, 6) is -2.12. The lowest BCUT2D eigenvalue weighted by atomic mass is 9.93. The molecule has 1 heterocycles. The fourth-order valence-electron chi connectivity index (χ4n) is 7.56. The van der Waals surface area contributed by atoms with E-state index in [0.29, 0.717) is 45.9 Å². The van der Waals surface area contributed by atoms with Gasteiger partial charge < -0.3 is 52.4 Å². The van der Waals surface area contributed by atoms with E-state index in [1.54, 1.807) is 49.5 Å². The van der Waals surface area contributed by atoms with Gasteiger partial charge in [-0.2, -0.15) is 5.26 Å². The van der Waals surface area contributed by atoms with Crippen LogP contribution < -0.4 is 47.5 Å². The summed E-state index contributed by atoms with van der Waals surface area (Å²) in [6, 6.07) is 13.3. The molecule has 1 unspecified atom stereocenters. The molecule has 0 saturated carbocycles. The summed E-state index contributed by atoms with van der Waals surface area (Å²) < 4.78 is 12.2. The third kappa shape index (κ3) is 14.0. The molecule has 63 heavy (non-hydrogen) atoms. The minimum absolute atomic E-state index is 0.0227. The van der Waals surface area contributed by atoms with E-state index >= 15 is 0 Å². The summed E-state index contributed by atoms with van der Waals surface area (Å²) in [4.78, 5) is 71.5. The maximum absolute atomic E-state index is 14.7. The molecule has 16 nitrogen and oxygen atoms in total. The van der Waals surface area contributed by atoms with Crippen molar-refractivity contribution >= 4 is 29.5 Å². The first kappa shape index (κ1) is 49.6. The summed E-state index contributed by atoms with van der Waals surface area (Å²) in [6.07, 6.45) is 6.95. The first-order chi connectivity index (χ1) is 30.4. The van der Waals surface area contributed by atoms with E-state index in [0.717, 1.165) is 30.4 Å². The van der Waals surface area contributed by atoms with Gasteiger partial charge in [0.05, 0.1) is 6.07 Å². The highest BCUT2D eigenvalue weighted by atomic mass is 16.5. The van der Waals surface area contributed by atoms with Crippen LogP contribution in [0.3, 0.4) is 0 Å². The van der Waals surface area contributed by atoms with Crippen LogP contribution in [0.15, 0.2) is 54.6 Å². The van der Waals surface area contributed by atoms with Crippen molar-refractivity contribution in [3.63, 3.8) is 0 Å². The van der Waals surface area contributed by atoms with Crippen LogP contribution in [0.25, 0.3) is 11.1 Å². The minimum Gasteiger partial charge on any atom is -0.492 e. The fourth-order valence-corrected chi connectivity index (χ4v) is 7.56. The van der Waals surface area contributed by atoms with E-state index in [1.807, 2.05) is 25.1 Å². The highest BCUT2D eigenvalue weighted by Crippen LogP contribution is 2.40. The molecule has 4 bridgehead atoms. The zero-order valence-electron chi connectivity index (χ0n) is 37.3. The molecule has 340 valence electrons. The third-order valence-electron chi connectivity index (χ3n) is 10.9. The lowest BCUT2D eigenvalue weighted by Gasteiger charge is -2.33. The van der Waals surface area contributed by atoms with Gasteiger partial charge >= 0.3 is 0 Å². The van der Waals surface area contributed by atoms with Crippen molar-refractivity contribution in [2.45, 2.75) is 96.3 Å². The van der Waals surface area contributed by atoms with Gasteiger partial charge in [-0.05, 0) is 99.3 Å². The van der Waals surface area contributed by atoms with Gasteiger partial charge in [0.15, 0.2) is 0 Å². The number of carbonyl (C=O) groups is 5. The molecule has 3 aromatic carbocycles. The average Bonchev–Trinajstić information content (AvgIpc) is 3.27. The molecule has 0 aliphatic carbocycles. The Hall–Kier alpha value is -6.02. The molecular weight excluding hydrogens is 803 g/mol. The molecule has 0 spiro atoms. The number of hydrogen-bond donors (Lipinski definition) is 7. The van der Waals surface area contributed by atoms with Crippen LogP contribution in [0.4, 0.5) is 0 Å². The van der Waals surface area contributed by atoms with Gasteiger partial charge in [-0.25, -0.2) is 0 Å². The number of likely N-dealkylation sites (N-methyl/N-ethyl adjacent to an activating group) is 1. The molecule has 1 aliphatic heterocycles. The predicted molar refractivity (Wildman–Crippen MR) is 242 cm³/mol. The molecule has 3 aromatic rings. The molecule has 0 fully saturated rings. The minimum atomic E-state index is -1.34. The maximum Gasteiger partial charge on any atom is 0.252 e. The lowest BCUT2D eigenvalue weighted by Crippen LogP contribution is -2.56. The third-order valence-corrected chi connectivity index (χ3v) is 10.9. The molecule has 0 saturated heterocycles. The van der Waals surface area contributed by atoms with Crippen LogP contribution in [0, 0.1) is 18.3 Å². The number of nitrogens with one attached hydrogen (secondary N) is 5. The van der Waals surface area contributed by atoms with Crippen molar-refractivity contribution < 1.29 is 33.4 Å². The van der Waals surface area contributed by atoms with Gasteiger partial charge in [-0.1, -0.05) is 56.9 Å². The molecule has 16 heteroatoms. The van der Waals surface area contributed by atoms with Crippen LogP contribution >= 0.6 is 0 Å². The predicted octanol–water partition coefficient (Wildman–Crippen LogP) is 2.94. The molecule has 0 aromatic heterocycles. The number of amides is 5. The largest absolute Gasteiger partial charge is 0.492 e. The Kier molecular flexibility index (Phi) is 19.8. The number of fused-ring (bicyclic) bond motifs is 5. The molecule has 4 atom stereocenters. The summed E-state index contributed by atoms with van der Waals surface area (Å²) in [7, 11) is 3.22. The number of nitrogens with zero attached hydrogens (tertiary/aromatic N) is 2. The smallest absolute Gasteiger partial charge is 0.252 e. The number of unbranched alkanes of at least 4 members (excludes halogenated alkanes) is 4. The standard InChI is InChI=1S/C47H65N9O7/c1-6-7-8-9-10-11-32-12-15-35(30(2)26-32)44(58)54-38(18-22-51-4)47(61)56(5)42-34-14-17-41(63-25-21-50)37(29-34)36-27-33(13-16-40(36)62-24-20-49)28-39(45(59)52-23-19-48)55-43(57)31(3)53-46(42)60/h12-17,26-27,29,31,38-39,42,51H,6-11,18,20-25,28,49-50H2,1-5H3,(H,52,59)(H,53,60)(H,54,58)(H,55,57)/t31-,38?,39-,42-/m0/s1. The Bertz CT molecular complexity index is 2090. The number of nitrogens with two attached hydrogens (primary N) is 2. The van der Waals surface area contributed by atoms with E-state index in [1.165, 1.54) is 38.1 Å². The average molecular weight is 868 g/mol. The van der Waals surface area contributed by atoms with Crippen molar-refractivity contribution in [1.82, 2.24) is 31.5 Å². The van der Waals surface area contributed by atoms with Crippen molar-refractivity contribution in [1.29, 1.82) is 5.26 Å². The SMILES string of the molecule is CCCCCCCc1ccc(C(=O)NC(CCNC)C(=O)N(C)[C@@H]2C(=O)N[C@@H](C)C(=O)N[C@H](C(=O)NCC#N)Cc3ccc(OCCN)c(c3)-c3cc2ccc3OCCN)c(C)c1. The van der Waals surface area contributed by atoms with Crippen LogP contribution in [0.5, 0.6) is 11.5 Å². The second kappa shape index (κ2) is 25.2. The van der Waals surface area contributed by atoms with Crippen LogP contribution in [-0.4, -0.2) is 106 Å². The summed E-state index contributed by atoms with van der Waals surface area (Å²) in [6.45, 7) is 6.37. The Morgan fingerprint density at radius 2 is 1.60 bits per heavy atom. The number of benzene rings is 3. The van der Waals surface area contributed by atoms with Crippen LogP contribution in [0.1, 0.15) is 91.0 Å². The number of hydrogen-bond acceptors (Lipinski definition) is 11. The molecule has 0 radical (unpaired) electrons. The van der Waals surface area contributed by atoms with Gasteiger partial charge in [0.1, 0.15) is 55.4 Å². The monoisotopic (exact) mass is 868 g/mol. The van der Waals surface area contributed by atoms with E-state index in [9.17, 15) is 24.0 Å². The number of ether oxygens (including phenoxy) is 2. The quantitative estimate of drug-likeness (QED) is 0.0607. The topological polar surface area (TPSA) is 243 Å². The van der Waals surface area contributed by atoms with Crippen molar-refractivity contribution in [2.75, 3.05) is 53.5 Å². The van der Waals surface area contributed by atoms with Gasteiger partial charge in [-0.15, -0.1) is 0 Å². The summed E-state index contributed by atoms with van der Waals surface area (Å²) in [5.41, 5.74) is 16.1. The number of nitriles is 1. The molecule has 5 amide bonds. The first-order valence-electron chi connectivity index (χ1n) is 21.9. The fraction of sp³-hybridized carbons (Fsp3) is 0.489. The number of rotatable bonds is 21. The summed E-state index contributed by atoms with van der Waals surface area (Å²) >= 11 is 0. The second-order valence-corrected chi connectivity index (χ2v) is 15.8. The van der Waals surface area contributed by atoms with E-state index in [-0.39, 0.29) is 45.7 Å². The zero-order valence-corrected chi connectivity index (χ0v) is 37.3. The van der Waals surface area contributed by atoms with E-state index in [2.05, 4.69) is 33.5 Å². The van der Waals surface area contributed by atoms with E-state index in [4.69, 9.17) is 26.2 Å². The van der Waals surface area contributed by atoms with E-state index < -0.39 is 53.7 Å². The Morgan fingerprint density at radius 3 is 2.25 bits per heavy atom. The highest BCUT2D eigenvalue weighted by Gasteiger charge is 2.36. The van der Waals surface area contributed by atoms with Crippen molar-refractivity contribution in [2.24, 2.45) is 11.5 Å². The molecule has 4 rings (SSSR count). The number of carbonyl (C=O) groups excluding carboxylic acids is 5. The zero-order chi connectivity index (χ0) is 45.9. The maximum atomic E-state index is 14.7. The Labute approximate surface area is 371 Å². The number of aryl methyl sites for hydroxylation is 2. The Morgan fingerprint density at radius 1 is 0.921 bits per heavy atom. The van der Waals surface area contributed by atoms with Crippen LogP contribution in [-0.2, 0) is 32.0 Å². The van der Waals surface area contributed by atoms with Gasteiger partial charge in [0.2, 0.25) is 23.6 Å².